The van der Waals surface area contributed by atoms with Crippen LogP contribution in [0.15, 0.2) is 0 Å². The lowest BCUT2D eigenvalue weighted by molar-refractivity contribution is 0.231. The largest absolute Gasteiger partial charge is 0.340 e. The summed E-state index contributed by atoms with van der Waals surface area (Å²) in [6.07, 6.45) is 0. The molecule has 4 nitrogen and oxygen atoms in total. The molecule has 0 fully saturated rings. The number of rotatable bonds is 1. The molecule has 3 N–H and O–H groups in total. The van der Waals surface area contributed by atoms with Crippen LogP contribution in [0.4, 0.5) is 4.79 Å². The van der Waals surface area contributed by atoms with Crippen molar-refractivity contribution in [2.45, 2.75) is 26.3 Å². The van der Waals surface area contributed by atoms with Gasteiger partial charge in [0.15, 0.2) is 0 Å². The van der Waals surface area contributed by atoms with Crippen molar-refractivity contribution in [3.63, 3.8) is 0 Å². The van der Waals surface area contributed by atoms with E-state index in [4.69, 9.17) is 0 Å². The SMILES string of the molecule is CNC(=O)NNC(C)(C)C. The van der Waals surface area contributed by atoms with Crippen LogP contribution in [0.5, 0.6) is 0 Å². The molecular weight excluding hydrogens is 130 g/mol. The van der Waals surface area contributed by atoms with Gasteiger partial charge in [-0.2, -0.15) is 0 Å². The number of urea groups is 1. The van der Waals surface area contributed by atoms with Gasteiger partial charge < -0.3 is 5.32 Å². The first kappa shape index (κ1) is 9.23. The van der Waals surface area contributed by atoms with E-state index in [1.165, 1.54) is 0 Å². The Kier molecular flexibility index (Phi) is 3.15. The van der Waals surface area contributed by atoms with E-state index in [1.807, 2.05) is 20.8 Å². The van der Waals surface area contributed by atoms with Gasteiger partial charge in [-0.1, -0.05) is 0 Å². The van der Waals surface area contributed by atoms with Crippen molar-refractivity contribution in [2.24, 2.45) is 0 Å². The number of carbonyl (C=O) groups is 1. The van der Waals surface area contributed by atoms with Crippen LogP contribution < -0.4 is 16.2 Å². The fourth-order valence-corrected chi connectivity index (χ4v) is 0.307. The standard InChI is InChI=1S/C6H15N3O/c1-6(2,3)9-8-5(10)7-4/h9H,1-4H3,(H2,7,8,10). The molecule has 10 heavy (non-hydrogen) atoms. The second-order valence-corrected chi connectivity index (χ2v) is 3.08. The van der Waals surface area contributed by atoms with E-state index >= 15 is 0 Å². The summed E-state index contributed by atoms with van der Waals surface area (Å²) in [6, 6.07) is -0.227. The average molecular weight is 145 g/mol. The molecule has 60 valence electrons. The van der Waals surface area contributed by atoms with Crippen LogP contribution in [0.25, 0.3) is 0 Å². The number of hydrogen-bond acceptors (Lipinski definition) is 2. The molecule has 0 spiro atoms. The minimum Gasteiger partial charge on any atom is -0.340 e. The van der Waals surface area contributed by atoms with Crippen LogP contribution in [-0.4, -0.2) is 18.6 Å². The highest BCUT2D eigenvalue weighted by atomic mass is 16.2. The molecule has 0 rings (SSSR count). The third-order valence-electron chi connectivity index (χ3n) is 0.778. The Morgan fingerprint density at radius 1 is 1.30 bits per heavy atom. The minimum atomic E-state index is -0.227. The van der Waals surface area contributed by atoms with Crippen LogP contribution in [0, 0.1) is 0 Å². The van der Waals surface area contributed by atoms with Crippen molar-refractivity contribution >= 4 is 6.03 Å². The molecule has 4 heteroatoms. The van der Waals surface area contributed by atoms with Gasteiger partial charge in [0.2, 0.25) is 0 Å². The molecule has 0 aromatic heterocycles. The molecule has 0 aliphatic carbocycles. The third-order valence-corrected chi connectivity index (χ3v) is 0.778. The van der Waals surface area contributed by atoms with Crippen LogP contribution >= 0.6 is 0 Å². The predicted molar refractivity (Wildman–Crippen MR) is 40.5 cm³/mol. The number of hydrazine groups is 1. The zero-order valence-electron chi connectivity index (χ0n) is 6.91. The van der Waals surface area contributed by atoms with E-state index in [1.54, 1.807) is 7.05 Å². The van der Waals surface area contributed by atoms with E-state index in [-0.39, 0.29) is 11.6 Å². The number of nitrogens with one attached hydrogen (secondary N) is 3. The summed E-state index contributed by atoms with van der Waals surface area (Å²) in [5.41, 5.74) is 5.19. The topological polar surface area (TPSA) is 53.2 Å². The monoisotopic (exact) mass is 145 g/mol. The molecule has 0 aliphatic heterocycles. The number of amides is 2. The van der Waals surface area contributed by atoms with Crippen molar-refractivity contribution in [1.82, 2.24) is 16.2 Å². The normalized spacial score (nSPS) is 10.8. The minimum absolute atomic E-state index is 0.0908. The fourth-order valence-electron chi connectivity index (χ4n) is 0.307. The van der Waals surface area contributed by atoms with E-state index in [0.29, 0.717) is 0 Å². The van der Waals surface area contributed by atoms with E-state index in [0.717, 1.165) is 0 Å². The van der Waals surface area contributed by atoms with Gasteiger partial charge in [-0.3, -0.25) is 5.43 Å². The Morgan fingerprint density at radius 2 is 1.80 bits per heavy atom. The quantitative estimate of drug-likeness (QED) is 0.462. The van der Waals surface area contributed by atoms with Crippen LogP contribution in [-0.2, 0) is 0 Å². The summed E-state index contributed by atoms with van der Waals surface area (Å²) in [4.78, 5) is 10.6. The first-order valence-electron chi connectivity index (χ1n) is 3.20. The molecule has 0 saturated carbocycles. The summed E-state index contributed by atoms with van der Waals surface area (Å²) in [5, 5.41) is 2.42. The lowest BCUT2D eigenvalue weighted by atomic mass is 10.1. The highest BCUT2D eigenvalue weighted by molar-refractivity contribution is 5.72. The van der Waals surface area contributed by atoms with Crippen LogP contribution in [0.3, 0.4) is 0 Å². The number of hydrogen-bond donors (Lipinski definition) is 3. The van der Waals surface area contributed by atoms with Crippen molar-refractivity contribution in [2.75, 3.05) is 7.05 Å². The highest BCUT2D eigenvalue weighted by Crippen LogP contribution is 1.94. The maximum Gasteiger partial charge on any atom is 0.328 e. The molecule has 0 bridgehead atoms. The average Bonchev–Trinajstić information content (AvgIpc) is 1.81. The van der Waals surface area contributed by atoms with Crippen molar-refractivity contribution in [3.05, 3.63) is 0 Å². The Morgan fingerprint density at radius 3 is 2.10 bits per heavy atom. The number of carbonyl (C=O) groups excluding carboxylic acids is 1. The van der Waals surface area contributed by atoms with Crippen LogP contribution in [0.2, 0.25) is 0 Å². The molecule has 0 heterocycles. The van der Waals surface area contributed by atoms with Crippen molar-refractivity contribution < 1.29 is 4.79 Å². The van der Waals surface area contributed by atoms with Crippen molar-refractivity contribution in [3.8, 4) is 0 Å². The Hall–Kier alpha value is -0.770. The van der Waals surface area contributed by atoms with Gasteiger partial charge in [-0.25, -0.2) is 10.2 Å². The van der Waals surface area contributed by atoms with Gasteiger partial charge in [-0.15, -0.1) is 0 Å². The first-order valence-corrected chi connectivity index (χ1v) is 3.20. The summed E-state index contributed by atoms with van der Waals surface area (Å²) in [6.45, 7) is 5.88. The molecule has 2 amide bonds. The zero-order chi connectivity index (χ0) is 8.20. The van der Waals surface area contributed by atoms with Crippen LogP contribution in [0.1, 0.15) is 20.8 Å². The summed E-state index contributed by atoms with van der Waals surface area (Å²) < 4.78 is 0. The molecule has 0 saturated heterocycles. The summed E-state index contributed by atoms with van der Waals surface area (Å²) in [7, 11) is 1.57. The summed E-state index contributed by atoms with van der Waals surface area (Å²) in [5.74, 6) is 0. The molecule has 0 aromatic carbocycles. The predicted octanol–water partition coefficient (Wildman–Crippen LogP) is 0.218. The second-order valence-electron chi connectivity index (χ2n) is 3.08. The maximum absolute atomic E-state index is 10.6. The molecule has 0 radical (unpaired) electrons. The smallest absolute Gasteiger partial charge is 0.328 e. The molecule has 0 aliphatic rings. The van der Waals surface area contributed by atoms with Gasteiger partial charge in [0.1, 0.15) is 0 Å². The zero-order valence-corrected chi connectivity index (χ0v) is 6.91. The second kappa shape index (κ2) is 3.41. The molecule has 0 atom stereocenters. The van der Waals surface area contributed by atoms with E-state index < -0.39 is 0 Å². The Labute approximate surface area is 61.3 Å². The van der Waals surface area contributed by atoms with Gasteiger partial charge in [-0.05, 0) is 20.8 Å². The van der Waals surface area contributed by atoms with E-state index in [9.17, 15) is 4.79 Å². The van der Waals surface area contributed by atoms with Gasteiger partial charge >= 0.3 is 6.03 Å². The third kappa shape index (κ3) is 5.37. The summed E-state index contributed by atoms with van der Waals surface area (Å²) >= 11 is 0. The lowest BCUT2D eigenvalue weighted by Crippen LogP contribution is -2.51. The van der Waals surface area contributed by atoms with Crippen molar-refractivity contribution in [1.29, 1.82) is 0 Å². The van der Waals surface area contributed by atoms with Gasteiger partial charge in [0.25, 0.3) is 0 Å². The molecule has 0 unspecified atom stereocenters. The van der Waals surface area contributed by atoms with Gasteiger partial charge in [0, 0.05) is 12.6 Å². The van der Waals surface area contributed by atoms with Gasteiger partial charge in [0.05, 0.1) is 0 Å². The van der Waals surface area contributed by atoms with E-state index in [2.05, 4.69) is 16.2 Å². The molecule has 0 aromatic rings. The molecular formula is C6H15N3O. The highest BCUT2D eigenvalue weighted by Gasteiger charge is 2.08. The lowest BCUT2D eigenvalue weighted by Gasteiger charge is -2.20. The fraction of sp³-hybridized carbons (Fsp3) is 0.833. The maximum atomic E-state index is 10.6. The Balaban J connectivity index is 3.46. The Bertz CT molecular complexity index is 117. The first-order chi connectivity index (χ1) is 4.45.